The molecule has 1 aromatic rings. The number of nitrogens with one attached hydrogen (secondary N) is 2. The number of hydrogen-bond donors (Lipinski definition) is 2. The van der Waals surface area contributed by atoms with E-state index >= 15 is 0 Å². The van der Waals surface area contributed by atoms with Crippen molar-refractivity contribution < 1.29 is 9.53 Å². The van der Waals surface area contributed by atoms with E-state index in [4.69, 9.17) is 4.74 Å². The number of ether oxygens (including phenoxy) is 1. The fourth-order valence-electron chi connectivity index (χ4n) is 2.19. The highest BCUT2D eigenvalue weighted by Gasteiger charge is 2.20. The van der Waals surface area contributed by atoms with Gasteiger partial charge in [-0.1, -0.05) is 6.42 Å². The summed E-state index contributed by atoms with van der Waals surface area (Å²) in [6, 6.07) is 7.45. The van der Waals surface area contributed by atoms with Crippen LogP contribution in [0, 0.1) is 0 Å². The third kappa shape index (κ3) is 4.24. The van der Waals surface area contributed by atoms with Gasteiger partial charge in [0.1, 0.15) is 5.75 Å². The Labute approximate surface area is 114 Å². The molecule has 0 saturated carbocycles. The van der Waals surface area contributed by atoms with E-state index in [0.717, 1.165) is 37.2 Å². The summed E-state index contributed by atoms with van der Waals surface area (Å²) < 4.78 is 5.57. The molecule has 0 aliphatic carbocycles. The van der Waals surface area contributed by atoms with Gasteiger partial charge in [0.15, 0.2) is 0 Å². The zero-order valence-corrected chi connectivity index (χ0v) is 11.6. The number of amides is 1. The van der Waals surface area contributed by atoms with Crippen molar-refractivity contribution >= 4 is 11.6 Å². The average molecular weight is 262 g/mol. The summed E-state index contributed by atoms with van der Waals surface area (Å²) in [6.45, 7) is 4.91. The smallest absolute Gasteiger partial charge is 0.241 e. The van der Waals surface area contributed by atoms with E-state index in [1.54, 1.807) is 0 Å². The second kappa shape index (κ2) is 6.57. The van der Waals surface area contributed by atoms with E-state index in [9.17, 15) is 4.79 Å². The van der Waals surface area contributed by atoms with Crippen LogP contribution in [0.5, 0.6) is 5.75 Å². The Morgan fingerprint density at radius 2 is 2.05 bits per heavy atom. The fraction of sp³-hybridized carbons (Fsp3) is 0.533. The van der Waals surface area contributed by atoms with E-state index < -0.39 is 0 Å². The molecule has 1 heterocycles. The first-order valence-corrected chi connectivity index (χ1v) is 6.96. The Hall–Kier alpha value is -1.55. The van der Waals surface area contributed by atoms with Crippen molar-refractivity contribution in [3.63, 3.8) is 0 Å². The molecule has 1 aliphatic rings. The second-order valence-corrected chi connectivity index (χ2v) is 5.18. The number of hydrogen-bond acceptors (Lipinski definition) is 3. The maximum atomic E-state index is 12.0. The number of carbonyl (C=O) groups excluding carboxylic acids is 1. The number of anilines is 1. The Bertz CT molecular complexity index is 409. The zero-order chi connectivity index (χ0) is 13.7. The largest absolute Gasteiger partial charge is 0.491 e. The lowest BCUT2D eigenvalue weighted by Gasteiger charge is -2.22. The summed E-state index contributed by atoms with van der Waals surface area (Å²) in [5.74, 6) is 0.876. The van der Waals surface area contributed by atoms with E-state index in [1.165, 1.54) is 0 Å². The van der Waals surface area contributed by atoms with Crippen LogP contribution in [0.3, 0.4) is 0 Å². The second-order valence-electron chi connectivity index (χ2n) is 5.18. The summed E-state index contributed by atoms with van der Waals surface area (Å²) in [5, 5.41) is 6.18. The van der Waals surface area contributed by atoms with Crippen LogP contribution in [-0.2, 0) is 4.79 Å². The van der Waals surface area contributed by atoms with E-state index in [-0.39, 0.29) is 18.1 Å². The average Bonchev–Trinajstić information content (AvgIpc) is 2.41. The van der Waals surface area contributed by atoms with Gasteiger partial charge in [0.25, 0.3) is 0 Å². The van der Waals surface area contributed by atoms with Gasteiger partial charge in [0.2, 0.25) is 5.91 Å². The Morgan fingerprint density at radius 3 is 2.63 bits per heavy atom. The molecule has 1 atom stereocenters. The van der Waals surface area contributed by atoms with Gasteiger partial charge in [-0.2, -0.15) is 0 Å². The first kappa shape index (κ1) is 13.9. The fourth-order valence-corrected chi connectivity index (χ4v) is 2.19. The van der Waals surface area contributed by atoms with Crippen LogP contribution in [0.4, 0.5) is 5.69 Å². The normalized spacial score (nSPS) is 19.2. The summed E-state index contributed by atoms with van der Waals surface area (Å²) >= 11 is 0. The van der Waals surface area contributed by atoms with Gasteiger partial charge in [-0.25, -0.2) is 0 Å². The number of benzene rings is 1. The van der Waals surface area contributed by atoms with Crippen LogP contribution in [0.25, 0.3) is 0 Å². The molecular formula is C15H22N2O2. The van der Waals surface area contributed by atoms with Crippen LogP contribution < -0.4 is 15.4 Å². The minimum Gasteiger partial charge on any atom is -0.491 e. The van der Waals surface area contributed by atoms with Gasteiger partial charge in [-0.15, -0.1) is 0 Å². The van der Waals surface area contributed by atoms with Crippen LogP contribution >= 0.6 is 0 Å². The maximum absolute atomic E-state index is 12.0. The molecule has 0 spiro atoms. The van der Waals surface area contributed by atoms with Crippen molar-refractivity contribution in [3.8, 4) is 5.75 Å². The Kier molecular flexibility index (Phi) is 4.80. The summed E-state index contributed by atoms with van der Waals surface area (Å²) in [6.07, 6.45) is 3.35. The highest BCUT2D eigenvalue weighted by atomic mass is 16.5. The lowest BCUT2D eigenvalue weighted by molar-refractivity contribution is -0.118. The highest BCUT2D eigenvalue weighted by Crippen LogP contribution is 2.17. The molecule has 2 N–H and O–H groups in total. The van der Waals surface area contributed by atoms with Gasteiger partial charge >= 0.3 is 0 Å². The van der Waals surface area contributed by atoms with Crippen molar-refractivity contribution in [1.29, 1.82) is 0 Å². The first-order chi connectivity index (χ1) is 9.15. The minimum absolute atomic E-state index is 0.0530. The molecule has 19 heavy (non-hydrogen) atoms. The molecular weight excluding hydrogens is 240 g/mol. The third-order valence-corrected chi connectivity index (χ3v) is 3.12. The Balaban J connectivity index is 1.89. The maximum Gasteiger partial charge on any atom is 0.241 e. The lowest BCUT2D eigenvalue weighted by Crippen LogP contribution is -2.43. The van der Waals surface area contributed by atoms with Crippen LogP contribution in [0.2, 0.25) is 0 Å². The molecule has 104 valence electrons. The molecule has 1 unspecified atom stereocenters. The quantitative estimate of drug-likeness (QED) is 0.876. The van der Waals surface area contributed by atoms with Gasteiger partial charge < -0.3 is 15.4 Å². The minimum atomic E-state index is -0.0552. The van der Waals surface area contributed by atoms with Gasteiger partial charge in [-0.05, 0) is 57.5 Å². The number of piperidine rings is 1. The Morgan fingerprint density at radius 1 is 1.32 bits per heavy atom. The van der Waals surface area contributed by atoms with Crippen molar-refractivity contribution in [1.82, 2.24) is 5.32 Å². The molecule has 1 aliphatic heterocycles. The highest BCUT2D eigenvalue weighted by molar-refractivity contribution is 5.94. The van der Waals surface area contributed by atoms with Gasteiger partial charge in [-0.3, -0.25) is 4.79 Å². The monoisotopic (exact) mass is 262 g/mol. The van der Waals surface area contributed by atoms with Crippen LogP contribution in [-0.4, -0.2) is 24.6 Å². The summed E-state index contributed by atoms with van der Waals surface area (Å²) in [4.78, 5) is 12.0. The summed E-state index contributed by atoms with van der Waals surface area (Å²) in [7, 11) is 0. The van der Waals surface area contributed by atoms with Gasteiger partial charge in [0.05, 0.1) is 12.1 Å². The number of carbonyl (C=O) groups is 1. The van der Waals surface area contributed by atoms with Gasteiger partial charge in [0, 0.05) is 5.69 Å². The molecule has 4 nitrogen and oxygen atoms in total. The zero-order valence-electron chi connectivity index (χ0n) is 11.6. The van der Waals surface area contributed by atoms with Crippen molar-refractivity contribution in [3.05, 3.63) is 24.3 Å². The first-order valence-electron chi connectivity index (χ1n) is 6.96. The number of rotatable bonds is 4. The van der Waals surface area contributed by atoms with Crippen LogP contribution in [0.1, 0.15) is 33.1 Å². The molecule has 0 bridgehead atoms. The molecule has 1 amide bonds. The van der Waals surface area contributed by atoms with Crippen molar-refractivity contribution in [2.24, 2.45) is 0 Å². The molecule has 0 aromatic heterocycles. The molecule has 4 heteroatoms. The van der Waals surface area contributed by atoms with E-state index in [2.05, 4.69) is 10.6 Å². The topological polar surface area (TPSA) is 50.4 Å². The third-order valence-electron chi connectivity index (χ3n) is 3.12. The molecule has 2 rings (SSSR count). The predicted octanol–water partition coefficient (Wildman–Crippen LogP) is 2.55. The van der Waals surface area contributed by atoms with E-state index in [0.29, 0.717) is 0 Å². The van der Waals surface area contributed by atoms with E-state index in [1.807, 2.05) is 38.1 Å². The van der Waals surface area contributed by atoms with Crippen molar-refractivity contribution in [2.45, 2.75) is 45.3 Å². The molecule has 1 saturated heterocycles. The van der Waals surface area contributed by atoms with Crippen LogP contribution in [0.15, 0.2) is 24.3 Å². The van der Waals surface area contributed by atoms with Crippen molar-refractivity contribution in [2.75, 3.05) is 11.9 Å². The standard InChI is InChI=1S/C15H22N2O2/c1-11(2)19-13-8-6-12(7-9-13)17-15(18)14-5-3-4-10-16-14/h6-9,11,14,16H,3-5,10H2,1-2H3,(H,17,18). The SMILES string of the molecule is CC(C)Oc1ccc(NC(=O)C2CCCCN2)cc1. The lowest BCUT2D eigenvalue weighted by atomic mass is 10.0. The predicted molar refractivity (Wildman–Crippen MR) is 76.5 cm³/mol. The molecule has 1 fully saturated rings. The summed E-state index contributed by atoms with van der Waals surface area (Å²) in [5.41, 5.74) is 0.813. The molecule has 1 aromatic carbocycles. The molecule has 0 radical (unpaired) electrons.